The van der Waals surface area contributed by atoms with Crippen LogP contribution >= 0.6 is 0 Å². The standard InChI is InChI=1S/C22H26N2O5/c1-4-11-29-18-8-6-5-7-17(18)23-22(26)15-12-21(25)24(14-15)16-9-10-19(27-2)20(13-16)28-3/h5-10,13,15H,4,11-12,14H2,1-3H3,(H,23,26). The van der Waals surface area contributed by atoms with Crippen LogP contribution in [-0.4, -0.2) is 39.2 Å². The van der Waals surface area contributed by atoms with Crippen molar-refractivity contribution >= 4 is 23.2 Å². The first-order chi connectivity index (χ1) is 14.1. The Morgan fingerprint density at radius 1 is 1.10 bits per heavy atom. The van der Waals surface area contributed by atoms with E-state index in [1.807, 2.05) is 25.1 Å². The number of ether oxygens (including phenoxy) is 3. The molecule has 0 saturated carbocycles. The Balaban J connectivity index is 1.71. The predicted octanol–water partition coefficient (Wildman–Crippen LogP) is 3.48. The van der Waals surface area contributed by atoms with Crippen molar-refractivity contribution < 1.29 is 23.8 Å². The van der Waals surface area contributed by atoms with E-state index in [0.29, 0.717) is 41.8 Å². The van der Waals surface area contributed by atoms with Crippen LogP contribution in [0.4, 0.5) is 11.4 Å². The van der Waals surface area contributed by atoms with Gasteiger partial charge in [0.05, 0.1) is 32.4 Å². The van der Waals surface area contributed by atoms with E-state index in [-0.39, 0.29) is 18.2 Å². The molecule has 1 saturated heterocycles. The van der Waals surface area contributed by atoms with Gasteiger partial charge in [0.1, 0.15) is 5.75 Å². The van der Waals surface area contributed by atoms with Crippen LogP contribution in [0.5, 0.6) is 17.2 Å². The maximum Gasteiger partial charge on any atom is 0.229 e. The average molecular weight is 398 g/mol. The number of amides is 2. The summed E-state index contributed by atoms with van der Waals surface area (Å²) < 4.78 is 16.2. The zero-order valence-corrected chi connectivity index (χ0v) is 16.9. The first-order valence-electron chi connectivity index (χ1n) is 9.62. The number of methoxy groups -OCH3 is 2. The molecule has 0 bridgehead atoms. The van der Waals surface area contributed by atoms with E-state index >= 15 is 0 Å². The third-order valence-corrected chi connectivity index (χ3v) is 4.78. The Labute approximate surface area is 170 Å². The molecule has 7 nitrogen and oxygen atoms in total. The van der Waals surface area contributed by atoms with Crippen LogP contribution < -0.4 is 24.4 Å². The van der Waals surface area contributed by atoms with Crippen molar-refractivity contribution in [3.63, 3.8) is 0 Å². The number of carbonyl (C=O) groups is 2. The lowest BCUT2D eigenvalue weighted by Gasteiger charge is -2.19. The minimum atomic E-state index is -0.449. The maximum atomic E-state index is 12.8. The molecule has 1 heterocycles. The fraction of sp³-hybridized carbons (Fsp3) is 0.364. The number of rotatable bonds is 8. The molecule has 7 heteroatoms. The molecule has 2 amide bonds. The van der Waals surface area contributed by atoms with Crippen LogP contribution in [0.3, 0.4) is 0 Å². The number of nitrogens with zero attached hydrogens (tertiary/aromatic N) is 1. The van der Waals surface area contributed by atoms with Crippen molar-refractivity contribution in [2.75, 3.05) is 37.6 Å². The van der Waals surface area contributed by atoms with Crippen LogP contribution in [0.1, 0.15) is 19.8 Å². The molecule has 1 aliphatic rings. The average Bonchev–Trinajstić information content (AvgIpc) is 3.14. The summed E-state index contributed by atoms with van der Waals surface area (Å²) in [5.74, 6) is 0.994. The topological polar surface area (TPSA) is 77.1 Å². The van der Waals surface area contributed by atoms with Gasteiger partial charge in [-0.3, -0.25) is 9.59 Å². The zero-order chi connectivity index (χ0) is 20.8. The highest BCUT2D eigenvalue weighted by atomic mass is 16.5. The van der Waals surface area contributed by atoms with Gasteiger partial charge in [-0.05, 0) is 30.7 Å². The molecule has 2 aromatic rings. The second-order valence-corrected chi connectivity index (χ2v) is 6.78. The van der Waals surface area contributed by atoms with Gasteiger partial charge in [0, 0.05) is 24.7 Å². The zero-order valence-electron chi connectivity index (χ0n) is 16.9. The van der Waals surface area contributed by atoms with E-state index in [4.69, 9.17) is 14.2 Å². The van der Waals surface area contributed by atoms with E-state index < -0.39 is 5.92 Å². The molecule has 29 heavy (non-hydrogen) atoms. The van der Waals surface area contributed by atoms with Crippen molar-refractivity contribution in [1.29, 1.82) is 0 Å². The highest BCUT2D eigenvalue weighted by Gasteiger charge is 2.35. The van der Waals surface area contributed by atoms with E-state index in [9.17, 15) is 9.59 Å². The van der Waals surface area contributed by atoms with Crippen molar-refractivity contribution in [3.8, 4) is 17.2 Å². The molecule has 0 radical (unpaired) electrons. The second kappa shape index (κ2) is 9.32. The first-order valence-corrected chi connectivity index (χ1v) is 9.62. The lowest BCUT2D eigenvalue weighted by Crippen LogP contribution is -2.28. The number of benzene rings is 2. The molecule has 1 aliphatic heterocycles. The van der Waals surface area contributed by atoms with Gasteiger partial charge in [-0.15, -0.1) is 0 Å². The van der Waals surface area contributed by atoms with Crippen LogP contribution in [0.15, 0.2) is 42.5 Å². The van der Waals surface area contributed by atoms with Crippen LogP contribution in [0.25, 0.3) is 0 Å². The molecule has 0 aliphatic carbocycles. The van der Waals surface area contributed by atoms with E-state index in [1.54, 1.807) is 43.4 Å². The summed E-state index contributed by atoms with van der Waals surface area (Å²) in [4.78, 5) is 27.0. The number of para-hydroxylation sites is 2. The molecule has 154 valence electrons. The normalized spacial score (nSPS) is 15.9. The maximum absolute atomic E-state index is 12.8. The molecule has 1 unspecified atom stereocenters. The van der Waals surface area contributed by atoms with Crippen LogP contribution in [0, 0.1) is 5.92 Å². The van der Waals surface area contributed by atoms with Crippen molar-refractivity contribution in [2.45, 2.75) is 19.8 Å². The molecule has 0 spiro atoms. The van der Waals surface area contributed by atoms with Gasteiger partial charge < -0.3 is 24.4 Å². The second-order valence-electron chi connectivity index (χ2n) is 6.78. The summed E-state index contributed by atoms with van der Waals surface area (Å²) in [7, 11) is 3.10. The molecular weight excluding hydrogens is 372 g/mol. The third-order valence-electron chi connectivity index (χ3n) is 4.78. The van der Waals surface area contributed by atoms with Gasteiger partial charge >= 0.3 is 0 Å². The molecular formula is C22H26N2O5. The number of anilines is 2. The number of hydrogen-bond donors (Lipinski definition) is 1. The van der Waals surface area contributed by atoms with Crippen LogP contribution in [0.2, 0.25) is 0 Å². The van der Waals surface area contributed by atoms with E-state index in [2.05, 4.69) is 5.32 Å². The smallest absolute Gasteiger partial charge is 0.229 e. The van der Waals surface area contributed by atoms with E-state index in [0.717, 1.165) is 6.42 Å². The minimum absolute atomic E-state index is 0.104. The monoisotopic (exact) mass is 398 g/mol. The van der Waals surface area contributed by atoms with Gasteiger partial charge in [-0.2, -0.15) is 0 Å². The Morgan fingerprint density at radius 2 is 1.86 bits per heavy atom. The first kappa shape index (κ1) is 20.5. The number of nitrogens with one attached hydrogen (secondary N) is 1. The minimum Gasteiger partial charge on any atom is -0.493 e. The largest absolute Gasteiger partial charge is 0.493 e. The van der Waals surface area contributed by atoms with Gasteiger partial charge in [0.25, 0.3) is 0 Å². The van der Waals surface area contributed by atoms with Gasteiger partial charge in [-0.25, -0.2) is 0 Å². The molecule has 2 aromatic carbocycles. The van der Waals surface area contributed by atoms with Crippen molar-refractivity contribution in [2.24, 2.45) is 5.92 Å². The van der Waals surface area contributed by atoms with Gasteiger partial charge in [0.15, 0.2) is 11.5 Å². The Hall–Kier alpha value is -3.22. The van der Waals surface area contributed by atoms with Crippen LogP contribution in [-0.2, 0) is 9.59 Å². The van der Waals surface area contributed by atoms with Crippen molar-refractivity contribution in [1.82, 2.24) is 0 Å². The lowest BCUT2D eigenvalue weighted by molar-refractivity contribution is -0.122. The summed E-state index contributed by atoms with van der Waals surface area (Å²) in [6.45, 7) is 2.90. The third kappa shape index (κ3) is 4.62. The highest BCUT2D eigenvalue weighted by Crippen LogP contribution is 2.34. The van der Waals surface area contributed by atoms with Gasteiger partial charge in [-0.1, -0.05) is 19.1 Å². The lowest BCUT2D eigenvalue weighted by atomic mass is 10.1. The molecule has 1 fully saturated rings. The Kier molecular flexibility index (Phi) is 6.59. The summed E-state index contributed by atoms with van der Waals surface area (Å²) in [5, 5.41) is 2.91. The van der Waals surface area contributed by atoms with Gasteiger partial charge in [0.2, 0.25) is 11.8 Å². The number of hydrogen-bond acceptors (Lipinski definition) is 5. The summed E-state index contributed by atoms with van der Waals surface area (Å²) in [6.07, 6.45) is 1.03. The fourth-order valence-electron chi connectivity index (χ4n) is 3.27. The van der Waals surface area contributed by atoms with Crippen molar-refractivity contribution in [3.05, 3.63) is 42.5 Å². The summed E-state index contributed by atoms with van der Waals surface area (Å²) in [5.41, 5.74) is 1.29. The number of carbonyl (C=O) groups excluding carboxylic acids is 2. The summed E-state index contributed by atoms with van der Waals surface area (Å²) in [6, 6.07) is 12.6. The molecule has 0 aromatic heterocycles. The molecule has 1 N–H and O–H groups in total. The quantitative estimate of drug-likeness (QED) is 0.737. The predicted molar refractivity (Wildman–Crippen MR) is 111 cm³/mol. The Bertz CT molecular complexity index is 883. The summed E-state index contributed by atoms with van der Waals surface area (Å²) >= 11 is 0. The molecule has 3 rings (SSSR count). The van der Waals surface area contributed by atoms with E-state index in [1.165, 1.54) is 0 Å². The molecule has 1 atom stereocenters. The SMILES string of the molecule is CCCOc1ccccc1NC(=O)C1CC(=O)N(c2ccc(OC)c(OC)c2)C1. The Morgan fingerprint density at radius 3 is 2.59 bits per heavy atom. The fourth-order valence-corrected chi connectivity index (χ4v) is 3.27. The highest BCUT2D eigenvalue weighted by molar-refractivity contribution is 6.04.